The zero-order chi connectivity index (χ0) is 12.3. The van der Waals surface area contributed by atoms with Crippen LogP contribution >= 0.6 is 11.8 Å². The average Bonchev–Trinajstić information content (AvgIpc) is 2.61. The largest absolute Gasteiger partial charge is 0.436 e. The average molecular weight is 249 g/mol. The van der Waals surface area contributed by atoms with E-state index in [9.17, 15) is 0 Å². The van der Waals surface area contributed by atoms with Gasteiger partial charge in [-0.05, 0) is 50.2 Å². The monoisotopic (exact) mass is 249 g/mol. The minimum atomic E-state index is 0.614. The first-order valence-corrected chi connectivity index (χ1v) is 6.28. The second-order valence-electron chi connectivity index (χ2n) is 3.73. The maximum absolute atomic E-state index is 5.57. The summed E-state index contributed by atoms with van der Waals surface area (Å²) < 4.78 is 5.53. The van der Waals surface area contributed by atoms with Crippen LogP contribution in [-0.4, -0.2) is 16.5 Å². The van der Waals surface area contributed by atoms with Crippen LogP contribution in [0.3, 0.4) is 0 Å². The van der Waals surface area contributed by atoms with Gasteiger partial charge in [0.2, 0.25) is 0 Å². The van der Waals surface area contributed by atoms with Crippen LogP contribution < -0.4 is 5.73 Å². The molecule has 0 aliphatic heterocycles. The Balaban J connectivity index is 2.23. The molecule has 2 rings (SSSR count). The Morgan fingerprint density at radius 2 is 2.24 bits per heavy atom. The first-order chi connectivity index (χ1) is 8.20. The van der Waals surface area contributed by atoms with E-state index in [2.05, 4.69) is 9.97 Å². The molecular formula is C12H15N3OS. The van der Waals surface area contributed by atoms with Crippen LogP contribution in [-0.2, 0) is 6.42 Å². The van der Waals surface area contributed by atoms with Gasteiger partial charge in [-0.1, -0.05) is 6.07 Å². The Hall–Kier alpha value is -1.33. The van der Waals surface area contributed by atoms with E-state index in [-0.39, 0.29) is 0 Å². The SMILES string of the molecule is Cc1nc(Sc2ncccc2CCN)oc1C. The Morgan fingerprint density at radius 3 is 2.88 bits per heavy atom. The molecule has 2 aromatic rings. The fourth-order valence-corrected chi connectivity index (χ4v) is 2.36. The molecule has 0 saturated heterocycles. The number of hydrogen-bond donors (Lipinski definition) is 1. The second-order valence-corrected chi connectivity index (χ2v) is 4.67. The number of aryl methyl sites for hydroxylation is 2. The lowest BCUT2D eigenvalue weighted by molar-refractivity contribution is 0.431. The predicted octanol–water partition coefficient (Wildman–Crippen LogP) is 2.34. The lowest BCUT2D eigenvalue weighted by Crippen LogP contribution is -2.04. The van der Waals surface area contributed by atoms with E-state index in [1.807, 2.05) is 26.0 Å². The van der Waals surface area contributed by atoms with E-state index in [0.29, 0.717) is 11.8 Å². The number of oxazole rings is 1. The molecule has 5 heteroatoms. The molecule has 0 radical (unpaired) electrons. The fourth-order valence-electron chi connectivity index (χ4n) is 1.43. The van der Waals surface area contributed by atoms with Gasteiger partial charge >= 0.3 is 0 Å². The summed E-state index contributed by atoms with van der Waals surface area (Å²) >= 11 is 1.44. The Labute approximate surface area is 105 Å². The van der Waals surface area contributed by atoms with Crippen LogP contribution in [0.4, 0.5) is 0 Å². The summed E-state index contributed by atoms with van der Waals surface area (Å²) in [5.41, 5.74) is 7.63. The van der Waals surface area contributed by atoms with Crippen LogP contribution in [0.2, 0.25) is 0 Å². The zero-order valence-corrected chi connectivity index (χ0v) is 10.8. The zero-order valence-electron chi connectivity index (χ0n) is 9.93. The van der Waals surface area contributed by atoms with Crippen molar-refractivity contribution in [3.63, 3.8) is 0 Å². The van der Waals surface area contributed by atoms with Gasteiger partial charge in [-0.15, -0.1) is 0 Å². The van der Waals surface area contributed by atoms with Gasteiger partial charge in [0.05, 0.1) is 5.69 Å². The van der Waals surface area contributed by atoms with Crippen LogP contribution in [0, 0.1) is 13.8 Å². The number of aromatic nitrogens is 2. The highest BCUT2D eigenvalue weighted by molar-refractivity contribution is 7.99. The number of hydrogen-bond acceptors (Lipinski definition) is 5. The third-order valence-corrected chi connectivity index (χ3v) is 3.37. The summed E-state index contributed by atoms with van der Waals surface area (Å²) in [4.78, 5) is 8.67. The van der Waals surface area contributed by atoms with Crippen molar-refractivity contribution in [1.29, 1.82) is 0 Å². The Bertz CT molecular complexity index is 491. The van der Waals surface area contributed by atoms with Gasteiger partial charge in [-0.3, -0.25) is 0 Å². The number of pyridine rings is 1. The van der Waals surface area contributed by atoms with Crippen molar-refractivity contribution in [2.45, 2.75) is 30.5 Å². The van der Waals surface area contributed by atoms with Gasteiger partial charge in [0.25, 0.3) is 5.22 Å². The molecule has 0 spiro atoms. The van der Waals surface area contributed by atoms with Gasteiger partial charge in [0.15, 0.2) is 0 Å². The number of nitrogens with two attached hydrogens (primary N) is 1. The first-order valence-electron chi connectivity index (χ1n) is 5.46. The summed E-state index contributed by atoms with van der Waals surface area (Å²) in [6.07, 6.45) is 2.58. The molecule has 2 N–H and O–H groups in total. The maximum Gasteiger partial charge on any atom is 0.262 e. The third kappa shape index (κ3) is 2.87. The molecule has 2 aromatic heterocycles. The van der Waals surface area contributed by atoms with E-state index in [4.69, 9.17) is 10.2 Å². The van der Waals surface area contributed by atoms with Crippen molar-refractivity contribution in [2.75, 3.05) is 6.54 Å². The van der Waals surface area contributed by atoms with Crippen molar-refractivity contribution in [3.8, 4) is 0 Å². The highest BCUT2D eigenvalue weighted by atomic mass is 32.2. The maximum atomic E-state index is 5.57. The normalized spacial score (nSPS) is 10.8. The summed E-state index contributed by atoms with van der Waals surface area (Å²) in [6.45, 7) is 4.45. The first kappa shape index (κ1) is 12.1. The third-order valence-electron chi connectivity index (χ3n) is 2.46. The van der Waals surface area contributed by atoms with Crippen LogP contribution in [0.1, 0.15) is 17.0 Å². The molecule has 0 atom stereocenters. The molecule has 2 heterocycles. The van der Waals surface area contributed by atoms with Crippen molar-refractivity contribution >= 4 is 11.8 Å². The molecule has 4 nitrogen and oxygen atoms in total. The summed E-state index contributed by atoms with van der Waals surface area (Å²) in [7, 11) is 0. The molecule has 0 saturated carbocycles. The molecule has 0 aliphatic rings. The van der Waals surface area contributed by atoms with Crippen LogP contribution in [0.15, 0.2) is 33.0 Å². The molecule has 0 unspecified atom stereocenters. The standard InChI is InChI=1S/C12H15N3OS/c1-8-9(2)16-12(15-8)17-11-10(5-6-13)4-3-7-14-11/h3-4,7H,5-6,13H2,1-2H3. The molecule has 0 amide bonds. The van der Waals surface area contributed by atoms with E-state index in [1.165, 1.54) is 11.8 Å². The van der Waals surface area contributed by atoms with E-state index in [0.717, 1.165) is 28.5 Å². The van der Waals surface area contributed by atoms with Crippen molar-refractivity contribution in [2.24, 2.45) is 5.73 Å². The lowest BCUT2D eigenvalue weighted by Gasteiger charge is -2.03. The summed E-state index contributed by atoms with van der Waals surface area (Å²) in [5, 5.41) is 1.55. The molecule has 90 valence electrons. The summed E-state index contributed by atoms with van der Waals surface area (Å²) in [5.74, 6) is 0.851. The molecule has 0 fully saturated rings. The highest BCUT2D eigenvalue weighted by Crippen LogP contribution is 2.29. The minimum Gasteiger partial charge on any atom is -0.436 e. The van der Waals surface area contributed by atoms with Gasteiger partial charge in [-0.2, -0.15) is 0 Å². The number of nitrogens with zero attached hydrogens (tertiary/aromatic N) is 2. The van der Waals surface area contributed by atoms with Crippen LogP contribution in [0.25, 0.3) is 0 Å². The second kappa shape index (κ2) is 5.33. The topological polar surface area (TPSA) is 64.9 Å². The molecule has 0 bridgehead atoms. The van der Waals surface area contributed by atoms with Gasteiger partial charge in [0.1, 0.15) is 10.8 Å². The van der Waals surface area contributed by atoms with E-state index in [1.54, 1.807) is 6.20 Å². The van der Waals surface area contributed by atoms with Gasteiger partial charge in [0, 0.05) is 6.20 Å². The van der Waals surface area contributed by atoms with Crippen LogP contribution in [0.5, 0.6) is 0 Å². The van der Waals surface area contributed by atoms with Gasteiger partial charge < -0.3 is 10.2 Å². The van der Waals surface area contributed by atoms with E-state index >= 15 is 0 Å². The van der Waals surface area contributed by atoms with Crippen molar-refractivity contribution < 1.29 is 4.42 Å². The van der Waals surface area contributed by atoms with Crippen molar-refractivity contribution in [3.05, 3.63) is 35.3 Å². The van der Waals surface area contributed by atoms with E-state index < -0.39 is 0 Å². The molecule has 0 aliphatic carbocycles. The lowest BCUT2D eigenvalue weighted by atomic mass is 10.2. The van der Waals surface area contributed by atoms with Crippen molar-refractivity contribution in [1.82, 2.24) is 9.97 Å². The van der Waals surface area contributed by atoms with Gasteiger partial charge in [-0.25, -0.2) is 9.97 Å². The highest BCUT2D eigenvalue weighted by Gasteiger charge is 2.11. The quantitative estimate of drug-likeness (QED) is 0.901. The Kier molecular flexibility index (Phi) is 3.81. The minimum absolute atomic E-state index is 0.614. The predicted molar refractivity (Wildman–Crippen MR) is 67.1 cm³/mol. The number of rotatable bonds is 4. The molecule has 0 aromatic carbocycles. The fraction of sp³-hybridized carbons (Fsp3) is 0.333. The smallest absolute Gasteiger partial charge is 0.262 e. The Morgan fingerprint density at radius 1 is 1.41 bits per heavy atom. The molecule has 17 heavy (non-hydrogen) atoms. The molecular weight excluding hydrogens is 234 g/mol. The summed E-state index contributed by atoms with van der Waals surface area (Å²) in [6, 6.07) is 3.95.